The number of alkyl halides is 3. The topological polar surface area (TPSA) is 87.3 Å². The quantitative estimate of drug-likeness (QED) is 0.530. The number of ether oxygens (including phenoxy) is 1. The number of nitrogens with one attached hydrogen (secondary N) is 2. The zero-order valence-corrected chi connectivity index (χ0v) is 18.5. The van der Waals surface area contributed by atoms with Crippen molar-refractivity contribution in [2.75, 3.05) is 18.0 Å². The van der Waals surface area contributed by atoms with Gasteiger partial charge in [0.1, 0.15) is 24.7 Å². The number of halogens is 4. The van der Waals surface area contributed by atoms with Gasteiger partial charge in [0.15, 0.2) is 0 Å². The summed E-state index contributed by atoms with van der Waals surface area (Å²) in [5, 5.41) is 9.53. The fourth-order valence-electron chi connectivity index (χ4n) is 5.09. The lowest BCUT2D eigenvalue weighted by Crippen LogP contribution is -2.48. The number of benzene rings is 2. The molecule has 0 saturated heterocycles. The molecule has 11 heteroatoms. The molecule has 2 aliphatic rings. The Bertz CT molecular complexity index is 1280. The molecule has 1 fully saturated rings. The van der Waals surface area contributed by atoms with E-state index in [2.05, 4.69) is 10.2 Å². The maximum absolute atomic E-state index is 15.0. The lowest BCUT2D eigenvalue weighted by atomic mass is 9.69. The maximum Gasteiger partial charge on any atom is 0.405 e. The highest BCUT2D eigenvalue weighted by Gasteiger charge is 2.54. The van der Waals surface area contributed by atoms with Crippen molar-refractivity contribution in [1.29, 1.82) is 0 Å². The maximum atomic E-state index is 15.0. The van der Waals surface area contributed by atoms with Crippen molar-refractivity contribution < 1.29 is 31.9 Å². The summed E-state index contributed by atoms with van der Waals surface area (Å²) >= 11 is 0. The molecule has 35 heavy (non-hydrogen) atoms. The summed E-state index contributed by atoms with van der Waals surface area (Å²) in [6.07, 6.45) is -1.56. The Morgan fingerprint density at radius 1 is 1.23 bits per heavy atom. The standard InChI is InChI=1S/C24H22F4N4O3/c25-17-2-1-3-19-21(17)23(22(34)32(19)12-20(33)29-13-24(26,27)28)8-6-15(7-9-23)35-16-4-5-18-14(10-16)11-30-31-18/h1-5,10-11,15H,6-9,12-13H2,(H,29,33)(H,30,31). The first-order valence-corrected chi connectivity index (χ1v) is 11.2. The highest BCUT2D eigenvalue weighted by Crippen LogP contribution is 2.51. The van der Waals surface area contributed by atoms with Crippen molar-refractivity contribution in [3.05, 3.63) is 54.0 Å². The molecule has 3 aromatic rings. The van der Waals surface area contributed by atoms with Gasteiger partial charge in [-0.15, -0.1) is 0 Å². The Hall–Kier alpha value is -3.63. The van der Waals surface area contributed by atoms with Crippen LogP contribution >= 0.6 is 0 Å². The lowest BCUT2D eigenvalue weighted by molar-refractivity contribution is -0.138. The van der Waals surface area contributed by atoms with Crippen LogP contribution in [0.3, 0.4) is 0 Å². The summed E-state index contributed by atoms with van der Waals surface area (Å²) < 4.78 is 58.5. The second kappa shape index (κ2) is 8.54. The van der Waals surface area contributed by atoms with Crippen LogP contribution in [-0.4, -0.2) is 47.4 Å². The molecule has 1 aliphatic carbocycles. The first-order chi connectivity index (χ1) is 16.7. The Morgan fingerprint density at radius 2 is 2.00 bits per heavy atom. The minimum absolute atomic E-state index is 0.197. The van der Waals surface area contributed by atoms with Gasteiger partial charge in [0.25, 0.3) is 0 Å². The van der Waals surface area contributed by atoms with Crippen LogP contribution in [0.4, 0.5) is 23.2 Å². The number of nitrogens with zero attached hydrogens (tertiary/aromatic N) is 2. The molecule has 1 saturated carbocycles. The number of anilines is 1. The Labute approximate surface area is 197 Å². The van der Waals surface area contributed by atoms with Crippen LogP contribution in [-0.2, 0) is 15.0 Å². The molecule has 1 aliphatic heterocycles. The van der Waals surface area contributed by atoms with Gasteiger partial charge in [-0.05, 0) is 56.0 Å². The van der Waals surface area contributed by atoms with Crippen LogP contribution in [0.25, 0.3) is 10.9 Å². The summed E-state index contributed by atoms with van der Waals surface area (Å²) in [7, 11) is 0. The Balaban J connectivity index is 1.33. The fraction of sp³-hybridized carbons (Fsp3) is 0.375. The Kier molecular flexibility index (Phi) is 5.65. The molecule has 2 heterocycles. The van der Waals surface area contributed by atoms with Gasteiger partial charge >= 0.3 is 6.18 Å². The number of aromatic nitrogens is 2. The zero-order chi connectivity index (χ0) is 24.8. The first kappa shape index (κ1) is 23.1. The molecule has 2 N–H and O–H groups in total. The van der Waals surface area contributed by atoms with Crippen molar-refractivity contribution >= 4 is 28.4 Å². The third kappa shape index (κ3) is 4.30. The molecular formula is C24H22F4N4O3. The van der Waals surface area contributed by atoms with Crippen molar-refractivity contribution in [1.82, 2.24) is 15.5 Å². The van der Waals surface area contributed by atoms with E-state index in [1.807, 2.05) is 18.2 Å². The number of carbonyl (C=O) groups is 2. The second-order valence-corrected chi connectivity index (χ2v) is 8.94. The van der Waals surface area contributed by atoms with Gasteiger partial charge in [-0.3, -0.25) is 14.7 Å². The number of hydrogen-bond donors (Lipinski definition) is 2. The van der Waals surface area contributed by atoms with Gasteiger partial charge in [0.05, 0.1) is 28.9 Å². The SMILES string of the molecule is O=C(CN1C(=O)C2(CCC(Oc3ccc4[nH]ncc4c3)CC2)c2c(F)cccc21)NCC(F)(F)F. The van der Waals surface area contributed by atoms with Crippen LogP contribution in [0.1, 0.15) is 31.2 Å². The smallest absolute Gasteiger partial charge is 0.405 e. The normalized spacial score (nSPS) is 22.0. The van der Waals surface area contributed by atoms with Gasteiger partial charge < -0.3 is 15.0 Å². The van der Waals surface area contributed by atoms with Crippen molar-refractivity contribution in [2.45, 2.75) is 43.4 Å². The van der Waals surface area contributed by atoms with Crippen LogP contribution in [0.15, 0.2) is 42.6 Å². The summed E-state index contributed by atoms with van der Waals surface area (Å²) in [6.45, 7) is -2.11. The van der Waals surface area contributed by atoms with E-state index in [4.69, 9.17) is 4.74 Å². The third-order valence-corrected chi connectivity index (χ3v) is 6.70. The predicted molar refractivity (Wildman–Crippen MR) is 118 cm³/mol. The number of H-pyrrole nitrogens is 1. The second-order valence-electron chi connectivity index (χ2n) is 8.94. The summed E-state index contributed by atoms with van der Waals surface area (Å²) in [6, 6.07) is 9.73. The molecular weight excluding hydrogens is 468 g/mol. The van der Waals surface area contributed by atoms with Crippen molar-refractivity contribution in [3.8, 4) is 5.75 Å². The van der Waals surface area contributed by atoms with Crippen LogP contribution < -0.4 is 15.0 Å². The van der Waals surface area contributed by atoms with Gasteiger partial charge in [-0.25, -0.2) is 4.39 Å². The average Bonchev–Trinajstić information content (AvgIpc) is 3.37. The van der Waals surface area contributed by atoms with Crippen LogP contribution in [0.2, 0.25) is 0 Å². The molecule has 1 aromatic heterocycles. The van der Waals surface area contributed by atoms with Crippen molar-refractivity contribution in [3.63, 3.8) is 0 Å². The molecule has 0 atom stereocenters. The van der Waals surface area contributed by atoms with E-state index >= 15 is 4.39 Å². The molecule has 5 rings (SSSR count). The number of amides is 2. The summed E-state index contributed by atoms with van der Waals surface area (Å²) in [4.78, 5) is 26.8. The van der Waals surface area contributed by atoms with Gasteiger partial charge in [-0.1, -0.05) is 6.07 Å². The lowest BCUT2D eigenvalue weighted by Gasteiger charge is -2.36. The van der Waals surface area contributed by atoms with Gasteiger partial charge in [0, 0.05) is 10.9 Å². The molecule has 2 amide bonds. The van der Waals surface area contributed by atoms with E-state index in [9.17, 15) is 22.8 Å². The molecule has 2 aromatic carbocycles. The highest BCUT2D eigenvalue weighted by atomic mass is 19.4. The van der Waals surface area contributed by atoms with Crippen LogP contribution in [0.5, 0.6) is 5.75 Å². The summed E-state index contributed by atoms with van der Waals surface area (Å²) in [5.41, 5.74) is 0.121. The van der Waals surface area contributed by atoms with E-state index in [-0.39, 0.29) is 17.4 Å². The first-order valence-electron chi connectivity index (χ1n) is 11.2. The van der Waals surface area contributed by atoms with Crippen molar-refractivity contribution in [2.24, 2.45) is 0 Å². The number of aromatic amines is 1. The van der Waals surface area contributed by atoms with Gasteiger partial charge in [-0.2, -0.15) is 18.3 Å². The van der Waals surface area contributed by atoms with E-state index in [0.717, 1.165) is 15.8 Å². The van der Waals surface area contributed by atoms with E-state index in [1.165, 1.54) is 18.2 Å². The molecule has 0 bridgehead atoms. The number of fused-ring (bicyclic) bond motifs is 3. The van der Waals surface area contributed by atoms with E-state index in [1.54, 1.807) is 11.5 Å². The third-order valence-electron chi connectivity index (χ3n) is 6.70. The number of hydrogen-bond acceptors (Lipinski definition) is 4. The highest BCUT2D eigenvalue weighted by molar-refractivity contribution is 6.10. The number of carbonyl (C=O) groups excluding carboxylic acids is 2. The van der Waals surface area contributed by atoms with E-state index in [0.29, 0.717) is 31.4 Å². The molecule has 7 nitrogen and oxygen atoms in total. The van der Waals surface area contributed by atoms with Crippen LogP contribution in [0, 0.1) is 5.82 Å². The van der Waals surface area contributed by atoms with Gasteiger partial charge in [0.2, 0.25) is 11.8 Å². The summed E-state index contributed by atoms with van der Waals surface area (Å²) in [5.74, 6) is -1.35. The fourth-order valence-corrected chi connectivity index (χ4v) is 5.09. The minimum atomic E-state index is -4.57. The molecule has 184 valence electrons. The molecule has 0 unspecified atom stereocenters. The monoisotopic (exact) mass is 490 g/mol. The zero-order valence-electron chi connectivity index (χ0n) is 18.5. The largest absolute Gasteiger partial charge is 0.490 e. The average molecular weight is 490 g/mol. The molecule has 0 radical (unpaired) electrons. The van der Waals surface area contributed by atoms with E-state index < -0.39 is 42.3 Å². The minimum Gasteiger partial charge on any atom is -0.490 e. The Morgan fingerprint density at radius 3 is 2.74 bits per heavy atom. The molecule has 1 spiro atoms. The number of rotatable bonds is 5. The predicted octanol–water partition coefficient (Wildman–Crippen LogP) is 3.99.